The standard InChI is InChI=1S/C12H15F3N2S/c1-8-3-5-9(6-4-8)17(2)7-10(11(16)18)12(13,14)15/h3-6,10H,7H2,1-2H3,(H2,16,18). The summed E-state index contributed by atoms with van der Waals surface area (Å²) in [6.07, 6.45) is -4.41. The van der Waals surface area contributed by atoms with Gasteiger partial charge in [0.2, 0.25) is 0 Å². The zero-order valence-electron chi connectivity index (χ0n) is 10.2. The molecule has 1 atom stereocenters. The van der Waals surface area contributed by atoms with E-state index in [1.807, 2.05) is 19.1 Å². The molecule has 1 aromatic carbocycles. The van der Waals surface area contributed by atoms with Gasteiger partial charge >= 0.3 is 6.18 Å². The first-order valence-electron chi connectivity index (χ1n) is 5.35. The molecular formula is C12H15F3N2S. The number of rotatable bonds is 4. The first-order chi connectivity index (χ1) is 8.21. The van der Waals surface area contributed by atoms with Crippen molar-refractivity contribution in [3.63, 3.8) is 0 Å². The van der Waals surface area contributed by atoms with Crippen molar-refractivity contribution in [3.05, 3.63) is 29.8 Å². The van der Waals surface area contributed by atoms with E-state index in [-0.39, 0.29) is 6.54 Å². The number of nitrogens with zero attached hydrogens (tertiary/aromatic N) is 1. The van der Waals surface area contributed by atoms with Crippen LogP contribution in [0.5, 0.6) is 0 Å². The maximum Gasteiger partial charge on any atom is 0.399 e. The molecule has 100 valence electrons. The van der Waals surface area contributed by atoms with E-state index in [4.69, 9.17) is 5.73 Å². The summed E-state index contributed by atoms with van der Waals surface area (Å²) in [6.45, 7) is 1.64. The SMILES string of the molecule is Cc1ccc(N(C)CC(C(N)=S)C(F)(F)F)cc1. The van der Waals surface area contributed by atoms with E-state index in [1.54, 1.807) is 19.2 Å². The van der Waals surface area contributed by atoms with Crippen molar-refractivity contribution in [1.29, 1.82) is 0 Å². The molecule has 0 radical (unpaired) electrons. The molecule has 0 heterocycles. The second-order valence-corrected chi connectivity index (χ2v) is 4.68. The third-order valence-corrected chi connectivity index (χ3v) is 2.95. The fourth-order valence-electron chi connectivity index (χ4n) is 1.53. The van der Waals surface area contributed by atoms with Gasteiger partial charge in [0.25, 0.3) is 0 Å². The summed E-state index contributed by atoms with van der Waals surface area (Å²) in [4.78, 5) is 0.970. The highest BCUT2D eigenvalue weighted by Crippen LogP contribution is 2.28. The van der Waals surface area contributed by atoms with E-state index < -0.39 is 17.1 Å². The summed E-state index contributed by atoms with van der Waals surface area (Å²) in [5, 5.41) is 0. The smallest absolute Gasteiger partial charge is 0.393 e. The second-order valence-electron chi connectivity index (χ2n) is 4.21. The van der Waals surface area contributed by atoms with Gasteiger partial charge in [-0.1, -0.05) is 29.9 Å². The number of aryl methyl sites for hydroxylation is 1. The van der Waals surface area contributed by atoms with Crippen molar-refractivity contribution >= 4 is 22.9 Å². The predicted molar refractivity (Wildman–Crippen MR) is 70.8 cm³/mol. The highest BCUT2D eigenvalue weighted by molar-refractivity contribution is 7.80. The third-order valence-electron chi connectivity index (χ3n) is 2.67. The zero-order valence-corrected chi connectivity index (χ0v) is 11.0. The van der Waals surface area contributed by atoms with E-state index in [9.17, 15) is 13.2 Å². The van der Waals surface area contributed by atoms with Crippen molar-refractivity contribution in [3.8, 4) is 0 Å². The van der Waals surface area contributed by atoms with Gasteiger partial charge in [0.05, 0.1) is 4.99 Å². The summed E-state index contributed by atoms with van der Waals surface area (Å²) in [6, 6.07) is 7.22. The molecule has 1 unspecified atom stereocenters. The topological polar surface area (TPSA) is 29.3 Å². The van der Waals surface area contributed by atoms with E-state index in [0.29, 0.717) is 5.69 Å². The summed E-state index contributed by atoms with van der Waals surface area (Å²) in [5.74, 6) is -1.79. The number of benzene rings is 1. The van der Waals surface area contributed by atoms with Gasteiger partial charge in [-0.15, -0.1) is 0 Å². The molecule has 18 heavy (non-hydrogen) atoms. The Morgan fingerprint density at radius 2 is 1.83 bits per heavy atom. The minimum absolute atomic E-state index is 0.276. The van der Waals surface area contributed by atoms with Gasteiger partial charge in [0, 0.05) is 19.3 Å². The Bertz CT molecular complexity index is 414. The number of anilines is 1. The van der Waals surface area contributed by atoms with Gasteiger partial charge in [-0.05, 0) is 19.1 Å². The van der Waals surface area contributed by atoms with Crippen LogP contribution in [0.4, 0.5) is 18.9 Å². The summed E-state index contributed by atoms with van der Waals surface area (Å²) in [5.41, 5.74) is 6.91. The van der Waals surface area contributed by atoms with Crippen molar-refractivity contribution in [2.75, 3.05) is 18.5 Å². The van der Waals surface area contributed by atoms with Crippen LogP contribution in [0.3, 0.4) is 0 Å². The molecule has 0 aliphatic rings. The molecule has 1 rings (SSSR count). The molecule has 0 saturated carbocycles. The van der Waals surface area contributed by atoms with Gasteiger partial charge in [-0.3, -0.25) is 0 Å². The minimum Gasteiger partial charge on any atom is -0.393 e. The Kier molecular flexibility index (Phi) is 4.56. The maximum absolute atomic E-state index is 12.7. The number of halogens is 3. The largest absolute Gasteiger partial charge is 0.399 e. The van der Waals surface area contributed by atoms with Gasteiger partial charge in [-0.2, -0.15) is 13.2 Å². The number of hydrogen-bond acceptors (Lipinski definition) is 2. The Balaban J connectivity index is 2.82. The molecular weight excluding hydrogens is 261 g/mol. The highest BCUT2D eigenvalue weighted by Gasteiger charge is 2.42. The van der Waals surface area contributed by atoms with Crippen LogP contribution in [0.1, 0.15) is 5.56 Å². The number of thiocarbonyl (C=S) groups is 1. The molecule has 0 amide bonds. The lowest BCUT2D eigenvalue weighted by atomic mass is 10.1. The van der Waals surface area contributed by atoms with Gasteiger partial charge in [0.15, 0.2) is 0 Å². The van der Waals surface area contributed by atoms with Gasteiger partial charge in [-0.25, -0.2) is 0 Å². The molecule has 0 fully saturated rings. The summed E-state index contributed by atoms with van der Waals surface area (Å²) in [7, 11) is 1.58. The van der Waals surface area contributed by atoms with Crippen molar-refractivity contribution in [1.82, 2.24) is 0 Å². The number of nitrogens with two attached hydrogens (primary N) is 1. The van der Waals surface area contributed by atoms with Crippen LogP contribution in [-0.2, 0) is 0 Å². The molecule has 2 N–H and O–H groups in total. The lowest BCUT2D eigenvalue weighted by Gasteiger charge is -2.26. The van der Waals surface area contributed by atoms with Gasteiger partial charge in [0.1, 0.15) is 5.92 Å². The molecule has 0 bridgehead atoms. The van der Waals surface area contributed by atoms with Crippen molar-refractivity contribution in [2.45, 2.75) is 13.1 Å². The second kappa shape index (κ2) is 5.56. The monoisotopic (exact) mass is 276 g/mol. The molecule has 0 aliphatic carbocycles. The number of hydrogen-bond donors (Lipinski definition) is 1. The van der Waals surface area contributed by atoms with Crippen LogP contribution in [0.2, 0.25) is 0 Å². The molecule has 1 aromatic rings. The van der Waals surface area contributed by atoms with Crippen LogP contribution in [0.15, 0.2) is 24.3 Å². The van der Waals surface area contributed by atoms with Crippen LogP contribution in [0, 0.1) is 12.8 Å². The highest BCUT2D eigenvalue weighted by atomic mass is 32.1. The minimum atomic E-state index is -4.41. The Morgan fingerprint density at radius 1 is 1.33 bits per heavy atom. The average Bonchev–Trinajstić information content (AvgIpc) is 2.24. The number of alkyl halides is 3. The fourth-order valence-corrected chi connectivity index (χ4v) is 1.74. The Hall–Kier alpha value is -1.30. The average molecular weight is 276 g/mol. The zero-order chi connectivity index (χ0) is 13.9. The van der Waals surface area contributed by atoms with E-state index in [1.165, 1.54) is 4.90 Å². The summed E-state index contributed by atoms with van der Waals surface area (Å²) >= 11 is 4.49. The third kappa shape index (κ3) is 3.87. The lowest BCUT2D eigenvalue weighted by molar-refractivity contribution is -0.152. The molecule has 0 saturated heterocycles. The van der Waals surface area contributed by atoms with E-state index >= 15 is 0 Å². The fraction of sp³-hybridized carbons (Fsp3) is 0.417. The quantitative estimate of drug-likeness (QED) is 0.857. The van der Waals surface area contributed by atoms with E-state index in [0.717, 1.165) is 5.56 Å². The molecule has 2 nitrogen and oxygen atoms in total. The molecule has 0 aromatic heterocycles. The van der Waals surface area contributed by atoms with Crippen LogP contribution in [-0.4, -0.2) is 24.8 Å². The summed E-state index contributed by atoms with van der Waals surface area (Å²) < 4.78 is 38.2. The van der Waals surface area contributed by atoms with Crippen LogP contribution in [0.25, 0.3) is 0 Å². The molecule has 6 heteroatoms. The molecule has 0 aliphatic heterocycles. The van der Waals surface area contributed by atoms with Crippen LogP contribution < -0.4 is 10.6 Å². The van der Waals surface area contributed by atoms with Crippen LogP contribution >= 0.6 is 12.2 Å². The first kappa shape index (κ1) is 14.8. The Morgan fingerprint density at radius 3 is 2.22 bits per heavy atom. The van der Waals surface area contributed by atoms with Crippen molar-refractivity contribution in [2.24, 2.45) is 11.7 Å². The predicted octanol–water partition coefficient (Wildman–Crippen LogP) is 2.90. The van der Waals surface area contributed by atoms with Gasteiger partial charge < -0.3 is 10.6 Å². The molecule has 0 spiro atoms. The normalized spacial score (nSPS) is 13.2. The maximum atomic E-state index is 12.7. The van der Waals surface area contributed by atoms with Crippen molar-refractivity contribution < 1.29 is 13.2 Å². The Labute approximate surface area is 110 Å². The lowest BCUT2D eigenvalue weighted by Crippen LogP contribution is -2.42. The first-order valence-corrected chi connectivity index (χ1v) is 5.76. The van der Waals surface area contributed by atoms with E-state index in [2.05, 4.69) is 12.2 Å².